The van der Waals surface area contributed by atoms with Crippen LogP contribution in [-0.2, 0) is 19.5 Å². The van der Waals surface area contributed by atoms with Crippen molar-refractivity contribution in [3.05, 3.63) is 0 Å². The van der Waals surface area contributed by atoms with Crippen molar-refractivity contribution in [3.63, 3.8) is 0 Å². The number of rotatable bonds is 8. The van der Waals surface area contributed by atoms with Crippen molar-refractivity contribution < 1.29 is 17.9 Å². The van der Waals surface area contributed by atoms with Crippen molar-refractivity contribution in [3.8, 4) is 6.07 Å². The maximum Gasteiger partial charge on any atom is 0.227 e. The van der Waals surface area contributed by atoms with E-state index in [0.29, 0.717) is 13.2 Å². The Morgan fingerprint density at radius 1 is 1.31 bits per heavy atom. The van der Waals surface area contributed by atoms with E-state index in [4.69, 9.17) is 14.7 Å². The van der Waals surface area contributed by atoms with E-state index in [0.717, 1.165) is 0 Å². The first kappa shape index (κ1) is 15.3. The molecular weight excluding hydrogens is 232 g/mol. The van der Waals surface area contributed by atoms with Crippen LogP contribution in [0.1, 0.15) is 20.8 Å². The summed E-state index contributed by atoms with van der Waals surface area (Å²) in [5, 5.41) is 7.42. The molecule has 0 saturated carbocycles. The molecule has 0 aromatic heterocycles. The van der Waals surface area contributed by atoms with Crippen LogP contribution in [0.25, 0.3) is 0 Å². The SMILES string of the molecule is CCOC(CNS(=O)(=O)C(C)C#N)OCC. The molecule has 0 amide bonds. The molecule has 94 valence electrons. The molecule has 0 radical (unpaired) electrons. The molecular formula is C9H18N2O4S. The zero-order chi connectivity index (χ0) is 12.6. The molecule has 1 atom stereocenters. The minimum absolute atomic E-state index is 0.00995. The summed E-state index contributed by atoms with van der Waals surface area (Å²) in [5.74, 6) is 0. The Bertz CT molecular complexity index is 317. The first-order chi connectivity index (χ1) is 7.47. The highest BCUT2D eigenvalue weighted by Gasteiger charge is 2.21. The van der Waals surface area contributed by atoms with Crippen LogP contribution in [0.2, 0.25) is 0 Å². The van der Waals surface area contributed by atoms with Crippen LogP contribution in [0.4, 0.5) is 0 Å². The van der Waals surface area contributed by atoms with Gasteiger partial charge in [0.25, 0.3) is 0 Å². The molecule has 0 heterocycles. The van der Waals surface area contributed by atoms with Gasteiger partial charge in [-0.2, -0.15) is 5.26 Å². The highest BCUT2D eigenvalue weighted by atomic mass is 32.2. The van der Waals surface area contributed by atoms with Gasteiger partial charge in [0, 0.05) is 13.2 Å². The number of ether oxygens (including phenoxy) is 2. The summed E-state index contributed by atoms with van der Waals surface area (Å²) < 4.78 is 35.5. The maximum absolute atomic E-state index is 11.4. The zero-order valence-corrected chi connectivity index (χ0v) is 10.6. The van der Waals surface area contributed by atoms with Gasteiger partial charge in [-0.1, -0.05) is 0 Å². The van der Waals surface area contributed by atoms with Crippen molar-refractivity contribution in [2.75, 3.05) is 19.8 Å². The largest absolute Gasteiger partial charge is 0.352 e. The minimum Gasteiger partial charge on any atom is -0.352 e. The second kappa shape index (κ2) is 7.57. The third kappa shape index (κ3) is 5.42. The molecule has 0 aromatic carbocycles. The first-order valence-corrected chi connectivity index (χ1v) is 6.63. The third-order valence-electron chi connectivity index (χ3n) is 1.80. The van der Waals surface area contributed by atoms with Crippen molar-refractivity contribution in [2.24, 2.45) is 0 Å². The average Bonchev–Trinajstić information content (AvgIpc) is 2.25. The molecule has 0 saturated heterocycles. The zero-order valence-electron chi connectivity index (χ0n) is 9.76. The maximum atomic E-state index is 11.4. The first-order valence-electron chi connectivity index (χ1n) is 5.09. The lowest BCUT2D eigenvalue weighted by Gasteiger charge is -2.17. The summed E-state index contributed by atoms with van der Waals surface area (Å²) in [5.41, 5.74) is 0. The Kier molecular flexibility index (Phi) is 7.25. The number of sulfonamides is 1. The van der Waals surface area contributed by atoms with Crippen LogP contribution in [0.5, 0.6) is 0 Å². The Morgan fingerprint density at radius 2 is 1.81 bits per heavy atom. The smallest absolute Gasteiger partial charge is 0.227 e. The van der Waals surface area contributed by atoms with Crippen LogP contribution < -0.4 is 4.72 Å². The fourth-order valence-electron chi connectivity index (χ4n) is 0.916. The fraction of sp³-hybridized carbons (Fsp3) is 0.889. The summed E-state index contributed by atoms with van der Waals surface area (Å²) in [6.45, 7) is 5.77. The summed E-state index contributed by atoms with van der Waals surface area (Å²) >= 11 is 0. The van der Waals surface area contributed by atoms with Crippen LogP contribution in [0.15, 0.2) is 0 Å². The Balaban J connectivity index is 4.25. The van der Waals surface area contributed by atoms with Gasteiger partial charge in [-0.15, -0.1) is 0 Å². The Labute approximate surface area is 96.6 Å². The molecule has 0 aliphatic rings. The van der Waals surface area contributed by atoms with E-state index in [1.807, 2.05) is 0 Å². The lowest BCUT2D eigenvalue weighted by molar-refractivity contribution is -0.130. The number of nitrogens with one attached hydrogen (secondary N) is 1. The Hall–Kier alpha value is -0.680. The van der Waals surface area contributed by atoms with Crippen molar-refractivity contribution >= 4 is 10.0 Å². The Morgan fingerprint density at radius 3 is 2.19 bits per heavy atom. The van der Waals surface area contributed by atoms with Crippen LogP contribution in [0.3, 0.4) is 0 Å². The molecule has 6 nitrogen and oxygen atoms in total. The van der Waals surface area contributed by atoms with Gasteiger partial charge < -0.3 is 9.47 Å². The molecule has 7 heteroatoms. The molecule has 0 rings (SSSR count). The molecule has 16 heavy (non-hydrogen) atoms. The molecule has 0 spiro atoms. The predicted molar refractivity (Wildman–Crippen MR) is 59.0 cm³/mol. The third-order valence-corrected chi connectivity index (χ3v) is 3.41. The van der Waals surface area contributed by atoms with Crippen molar-refractivity contribution in [1.82, 2.24) is 4.72 Å². The van der Waals surface area contributed by atoms with Crippen molar-refractivity contribution in [2.45, 2.75) is 32.3 Å². The second-order valence-electron chi connectivity index (χ2n) is 3.01. The van der Waals surface area contributed by atoms with Crippen LogP contribution in [-0.4, -0.2) is 39.7 Å². The number of nitriles is 1. The van der Waals surface area contributed by atoms with Gasteiger partial charge in [0.1, 0.15) is 0 Å². The van der Waals surface area contributed by atoms with Crippen LogP contribution >= 0.6 is 0 Å². The fourth-order valence-corrected chi connectivity index (χ4v) is 1.67. The quantitative estimate of drug-likeness (QED) is 0.622. The molecule has 0 aromatic rings. The van der Waals surface area contributed by atoms with E-state index in [2.05, 4.69) is 4.72 Å². The second-order valence-corrected chi connectivity index (χ2v) is 5.09. The number of nitrogens with zero attached hydrogens (tertiary/aromatic N) is 1. The van der Waals surface area contributed by atoms with E-state index in [1.54, 1.807) is 19.9 Å². The van der Waals surface area contributed by atoms with Gasteiger partial charge in [-0.25, -0.2) is 13.1 Å². The van der Waals surface area contributed by atoms with E-state index < -0.39 is 21.6 Å². The normalized spacial score (nSPS) is 13.7. The topological polar surface area (TPSA) is 88.4 Å². The van der Waals surface area contributed by atoms with Gasteiger partial charge in [0.05, 0.1) is 12.6 Å². The van der Waals surface area contributed by atoms with Crippen molar-refractivity contribution in [1.29, 1.82) is 5.26 Å². The predicted octanol–water partition coefficient (Wildman–Crippen LogP) is 0.217. The molecule has 1 N–H and O–H groups in total. The minimum atomic E-state index is -3.61. The summed E-state index contributed by atoms with van der Waals surface area (Å²) in [6, 6.07) is 1.66. The monoisotopic (exact) mass is 250 g/mol. The highest BCUT2D eigenvalue weighted by Crippen LogP contribution is 1.99. The van der Waals surface area contributed by atoms with Gasteiger partial charge in [0.15, 0.2) is 11.5 Å². The standard InChI is InChI=1S/C9H18N2O4S/c1-4-14-9(15-5-2)7-11-16(12,13)8(3)6-10/h8-9,11H,4-5,7H2,1-3H3. The number of hydrogen-bond donors (Lipinski definition) is 1. The van der Waals surface area contributed by atoms with Gasteiger partial charge >= 0.3 is 0 Å². The van der Waals surface area contributed by atoms with Gasteiger partial charge in [-0.05, 0) is 20.8 Å². The molecule has 0 fully saturated rings. The molecule has 0 aliphatic heterocycles. The molecule has 1 unspecified atom stereocenters. The van der Waals surface area contributed by atoms with E-state index in [-0.39, 0.29) is 6.54 Å². The molecule has 0 aliphatic carbocycles. The van der Waals surface area contributed by atoms with E-state index >= 15 is 0 Å². The van der Waals surface area contributed by atoms with Gasteiger partial charge in [0.2, 0.25) is 10.0 Å². The number of hydrogen-bond acceptors (Lipinski definition) is 5. The summed E-state index contributed by atoms with van der Waals surface area (Å²) in [6.07, 6.45) is -0.615. The highest BCUT2D eigenvalue weighted by molar-refractivity contribution is 7.90. The summed E-state index contributed by atoms with van der Waals surface area (Å²) in [4.78, 5) is 0. The average molecular weight is 250 g/mol. The van der Waals surface area contributed by atoms with Crippen LogP contribution in [0, 0.1) is 11.3 Å². The lowest BCUT2D eigenvalue weighted by atomic mass is 10.5. The lowest BCUT2D eigenvalue weighted by Crippen LogP contribution is -2.39. The summed E-state index contributed by atoms with van der Waals surface area (Å²) in [7, 11) is -3.61. The van der Waals surface area contributed by atoms with Gasteiger partial charge in [-0.3, -0.25) is 0 Å². The van der Waals surface area contributed by atoms with E-state index in [9.17, 15) is 8.42 Å². The van der Waals surface area contributed by atoms with E-state index in [1.165, 1.54) is 6.92 Å². The molecule has 0 bridgehead atoms.